The van der Waals surface area contributed by atoms with Gasteiger partial charge in [-0.05, 0) is 30.2 Å². The molecule has 3 aromatic rings. The first kappa shape index (κ1) is 26.0. The topological polar surface area (TPSA) is 86.8 Å². The molecule has 184 valence electrons. The molecule has 3 aromatic carbocycles. The van der Waals surface area contributed by atoms with Crippen LogP contribution in [0.5, 0.6) is 0 Å². The first-order valence-electron chi connectivity index (χ1n) is 11.3. The highest BCUT2D eigenvalue weighted by atomic mass is 32.2. The summed E-state index contributed by atoms with van der Waals surface area (Å²) >= 11 is 0. The molecule has 0 radical (unpaired) electrons. The number of hydrogen-bond donors (Lipinski definition) is 1. The number of anilines is 1. The van der Waals surface area contributed by atoms with E-state index in [-0.39, 0.29) is 12.5 Å². The van der Waals surface area contributed by atoms with Crippen molar-refractivity contribution in [3.63, 3.8) is 0 Å². The Bertz CT molecular complexity index is 1230. The lowest BCUT2D eigenvalue weighted by molar-refractivity contribution is -0.139. The summed E-state index contributed by atoms with van der Waals surface area (Å²) in [6.45, 7) is 1.71. The third-order valence-electron chi connectivity index (χ3n) is 5.71. The number of aryl methyl sites for hydroxylation is 1. The van der Waals surface area contributed by atoms with Gasteiger partial charge in [-0.25, -0.2) is 8.42 Å². The Morgan fingerprint density at radius 2 is 1.43 bits per heavy atom. The standard InChI is InChI=1S/C27H31N3O4S/c1-21-14-16-23(17-15-21)19-29(25(27(32)28-2)18-22-10-6-4-7-11-22)26(31)20-30(35(3,33)34)24-12-8-5-9-13-24/h4-17,25H,18-20H2,1-3H3,(H,28,32)/t25-/m1/s1. The van der Waals surface area contributed by atoms with E-state index in [2.05, 4.69) is 5.32 Å². The minimum atomic E-state index is -3.75. The van der Waals surface area contributed by atoms with Crippen molar-refractivity contribution in [3.05, 3.63) is 102 Å². The van der Waals surface area contributed by atoms with Gasteiger partial charge in [0.2, 0.25) is 21.8 Å². The van der Waals surface area contributed by atoms with E-state index in [9.17, 15) is 18.0 Å². The molecule has 0 unspecified atom stereocenters. The summed E-state index contributed by atoms with van der Waals surface area (Å²) in [6, 6.07) is 24.8. The average Bonchev–Trinajstić information content (AvgIpc) is 2.85. The van der Waals surface area contributed by atoms with Gasteiger partial charge < -0.3 is 10.2 Å². The zero-order valence-corrected chi connectivity index (χ0v) is 21.0. The molecule has 0 aromatic heterocycles. The summed E-state index contributed by atoms with van der Waals surface area (Å²) in [7, 11) is -2.22. The highest BCUT2D eigenvalue weighted by Gasteiger charge is 2.32. The van der Waals surface area contributed by atoms with Crippen LogP contribution in [0.25, 0.3) is 0 Å². The molecule has 7 nitrogen and oxygen atoms in total. The maximum atomic E-state index is 13.7. The van der Waals surface area contributed by atoms with Gasteiger partial charge in [-0.1, -0.05) is 78.4 Å². The number of rotatable bonds is 10. The van der Waals surface area contributed by atoms with Crippen LogP contribution >= 0.6 is 0 Å². The molecule has 0 spiro atoms. The summed E-state index contributed by atoms with van der Waals surface area (Å²) in [5.41, 5.74) is 3.20. The fraction of sp³-hybridized carbons (Fsp3) is 0.259. The molecule has 1 N–H and O–H groups in total. The van der Waals surface area contributed by atoms with E-state index < -0.39 is 28.5 Å². The molecule has 0 aliphatic heterocycles. The van der Waals surface area contributed by atoms with Crippen molar-refractivity contribution < 1.29 is 18.0 Å². The molecule has 0 saturated carbocycles. The maximum Gasteiger partial charge on any atom is 0.244 e. The number of benzene rings is 3. The van der Waals surface area contributed by atoms with Crippen LogP contribution in [0.4, 0.5) is 5.69 Å². The molecule has 0 aliphatic carbocycles. The van der Waals surface area contributed by atoms with Gasteiger partial charge in [-0.15, -0.1) is 0 Å². The summed E-state index contributed by atoms with van der Waals surface area (Å²) in [5.74, 6) is -0.788. The van der Waals surface area contributed by atoms with E-state index in [4.69, 9.17) is 0 Å². The SMILES string of the molecule is CNC(=O)[C@@H](Cc1ccccc1)N(Cc1ccc(C)cc1)C(=O)CN(c1ccccc1)S(C)(=O)=O. The monoisotopic (exact) mass is 493 g/mol. The number of hydrogen-bond acceptors (Lipinski definition) is 4. The van der Waals surface area contributed by atoms with Crippen molar-refractivity contribution in [2.24, 2.45) is 0 Å². The minimum absolute atomic E-state index is 0.163. The number of para-hydroxylation sites is 1. The first-order chi connectivity index (χ1) is 16.7. The van der Waals surface area contributed by atoms with E-state index in [1.54, 1.807) is 30.3 Å². The molecule has 0 fully saturated rings. The number of amides is 2. The first-order valence-corrected chi connectivity index (χ1v) is 13.2. The number of carbonyl (C=O) groups is 2. The highest BCUT2D eigenvalue weighted by molar-refractivity contribution is 7.92. The Labute approximate surface area is 207 Å². The summed E-state index contributed by atoms with van der Waals surface area (Å²) in [6.07, 6.45) is 1.36. The van der Waals surface area contributed by atoms with E-state index in [1.807, 2.05) is 61.5 Å². The maximum absolute atomic E-state index is 13.7. The van der Waals surface area contributed by atoms with Gasteiger partial charge in [0.1, 0.15) is 12.6 Å². The van der Waals surface area contributed by atoms with Gasteiger partial charge in [0.25, 0.3) is 0 Å². The summed E-state index contributed by atoms with van der Waals surface area (Å²) in [5, 5.41) is 2.67. The van der Waals surface area contributed by atoms with Crippen LogP contribution in [0.2, 0.25) is 0 Å². The number of nitrogens with zero attached hydrogens (tertiary/aromatic N) is 2. The quantitative estimate of drug-likeness (QED) is 0.470. The molecule has 35 heavy (non-hydrogen) atoms. The van der Waals surface area contributed by atoms with Gasteiger partial charge in [-0.3, -0.25) is 13.9 Å². The third-order valence-corrected chi connectivity index (χ3v) is 6.85. The number of carbonyl (C=O) groups excluding carboxylic acids is 2. The Kier molecular flexibility index (Phi) is 8.65. The van der Waals surface area contributed by atoms with Gasteiger partial charge in [0, 0.05) is 20.0 Å². The molecule has 2 amide bonds. The Balaban J connectivity index is 2.00. The van der Waals surface area contributed by atoms with E-state index in [0.717, 1.165) is 27.3 Å². The van der Waals surface area contributed by atoms with Gasteiger partial charge in [0.05, 0.1) is 11.9 Å². The Morgan fingerprint density at radius 3 is 1.97 bits per heavy atom. The van der Waals surface area contributed by atoms with Crippen LogP contribution in [0.15, 0.2) is 84.9 Å². The Morgan fingerprint density at radius 1 is 0.857 bits per heavy atom. The summed E-state index contributed by atoms with van der Waals surface area (Å²) < 4.78 is 26.3. The largest absolute Gasteiger partial charge is 0.357 e. The van der Waals surface area contributed by atoms with Crippen molar-refractivity contribution in [3.8, 4) is 0 Å². The van der Waals surface area contributed by atoms with E-state index >= 15 is 0 Å². The van der Waals surface area contributed by atoms with Crippen LogP contribution in [0.1, 0.15) is 16.7 Å². The van der Waals surface area contributed by atoms with Crippen molar-refractivity contribution in [2.45, 2.75) is 25.9 Å². The second kappa shape index (κ2) is 11.7. The molecule has 3 rings (SSSR count). The van der Waals surface area contributed by atoms with Crippen LogP contribution in [0.3, 0.4) is 0 Å². The summed E-state index contributed by atoms with van der Waals surface area (Å²) in [4.78, 5) is 28.2. The van der Waals surface area contributed by atoms with Crippen molar-refractivity contribution in [2.75, 3.05) is 24.2 Å². The molecule has 0 bridgehead atoms. The predicted molar refractivity (Wildman–Crippen MR) is 138 cm³/mol. The van der Waals surface area contributed by atoms with Crippen molar-refractivity contribution >= 4 is 27.5 Å². The normalized spacial score (nSPS) is 12.0. The highest BCUT2D eigenvalue weighted by Crippen LogP contribution is 2.20. The second-order valence-electron chi connectivity index (χ2n) is 8.43. The van der Waals surface area contributed by atoms with Gasteiger partial charge in [0.15, 0.2) is 0 Å². The fourth-order valence-electron chi connectivity index (χ4n) is 3.82. The molecule has 1 atom stereocenters. The van der Waals surface area contributed by atoms with E-state index in [1.165, 1.54) is 11.9 Å². The van der Waals surface area contributed by atoms with Crippen molar-refractivity contribution in [1.29, 1.82) is 0 Å². The van der Waals surface area contributed by atoms with Crippen LogP contribution in [-0.2, 0) is 32.6 Å². The van der Waals surface area contributed by atoms with Crippen molar-refractivity contribution in [1.82, 2.24) is 10.2 Å². The minimum Gasteiger partial charge on any atom is -0.357 e. The average molecular weight is 494 g/mol. The zero-order chi connectivity index (χ0) is 25.4. The zero-order valence-electron chi connectivity index (χ0n) is 20.2. The fourth-order valence-corrected chi connectivity index (χ4v) is 4.67. The lowest BCUT2D eigenvalue weighted by Crippen LogP contribution is -2.52. The predicted octanol–water partition coefficient (Wildman–Crippen LogP) is 3.15. The Hall–Kier alpha value is -3.65. The molecule has 0 heterocycles. The molecule has 0 aliphatic rings. The smallest absolute Gasteiger partial charge is 0.244 e. The van der Waals surface area contributed by atoms with Crippen LogP contribution in [0, 0.1) is 6.92 Å². The molecule has 0 saturated heterocycles. The number of nitrogens with one attached hydrogen (secondary N) is 1. The number of sulfonamides is 1. The lowest BCUT2D eigenvalue weighted by Gasteiger charge is -2.33. The lowest BCUT2D eigenvalue weighted by atomic mass is 10.0. The van der Waals surface area contributed by atoms with Crippen LogP contribution < -0.4 is 9.62 Å². The second-order valence-corrected chi connectivity index (χ2v) is 10.3. The van der Waals surface area contributed by atoms with Gasteiger partial charge in [-0.2, -0.15) is 0 Å². The van der Waals surface area contributed by atoms with E-state index in [0.29, 0.717) is 12.1 Å². The third kappa shape index (κ3) is 7.16. The molecular weight excluding hydrogens is 462 g/mol. The van der Waals surface area contributed by atoms with Gasteiger partial charge >= 0.3 is 0 Å². The van der Waals surface area contributed by atoms with Crippen LogP contribution in [-0.4, -0.2) is 51.0 Å². The number of likely N-dealkylation sites (N-methyl/N-ethyl adjacent to an activating group) is 1. The molecule has 8 heteroatoms. The molecular formula is C27H31N3O4S.